The normalized spacial score (nSPS) is 17.0. The van der Waals surface area contributed by atoms with Crippen LogP contribution in [0.4, 0.5) is 0 Å². The third-order valence-corrected chi connectivity index (χ3v) is 2.23. The second-order valence-electron chi connectivity index (χ2n) is 3.58. The molecule has 0 spiro atoms. The molecule has 2 rings (SSSR count). The third-order valence-electron chi connectivity index (χ3n) is 2.23. The largest absolute Gasteiger partial charge is 0.314 e. The average molecular weight is 208 g/mol. The number of hydrazine groups is 1. The van der Waals surface area contributed by atoms with Crippen molar-refractivity contribution in [3.05, 3.63) is 30.6 Å². The van der Waals surface area contributed by atoms with E-state index in [1.807, 2.05) is 18.2 Å². The first kappa shape index (κ1) is 12.1. The van der Waals surface area contributed by atoms with E-state index < -0.39 is 0 Å². The molecule has 84 valence electrons. The van der Waals surface area contributed by atoms with Crippen molar-refractivity contribution >= 4 is 0 Å². The van der Waals surface area contributed by atoms with E-state index in [2.05, 4.69) is 34.4 Å². The number of hydrogen-bond acceptors (Lipinski definition) is 4. The van der Waals surface area contributed by atoms with Crippen LogP contribution in [0.3, 0.4) is 0 Å². The molecule has 4 nitrogen and oxygen atoms in total. The molecule has 1 fully saturated rings. The Balaban J connectivity index is 0.000000162. The molecular formula is C11H20N4. The van der Waals surface area contributed by atoms with Crippen molar-refractivity contribution in [3.8, 4) is 0 Å². The molecule has 1 aromatic rings. The lowest BCUT2D eigenvalue weighted by Gasteiger charge is -2.32. The number of pyridine rings is 1. The van der Waals surface area contributed by atoms with Crippen LogP contribution in [0, 0.1) is 0 Å². The zero-order valence-electron chi connectivity index (χ0n) is 9.56. The van der Waals surface area contributed by atoms with Crippen LogP contribution in [0.25, 0.3) is 0 Å². The molecular weight excluding hydrogens is 188 g/mol. The molecule has 0 aromatic carbocycles. The highest BCUT2D eigenvalue weighted by Crippen LogP contribution is 1.92. The van der Waals surface area contributed by atoms with Crippen LogP contribution in [-0.4, -0.2) is 55.3 Å². The lowest BCUT2D eigenvalue weighted by molar-refractivity contribution is 0.0141. The quantitative estimate of drug-likeness (QED) is 0.726. The van der Waals surface area contributed by atoms with E-state index in [0.29, 0.717) is 0 Å². The molecule has 2 heterocycles. The molecule has 1 N–H and O–H groups in total. The minimum absolute atomic E-state index is 1.12. The van der Waals surface area contributed by atoms with Crippen molar-refractivity contribution in [3.63, 3.8) is 0 Å². The van der Waals surface area contributed by atoms with E-state index in [0.717, 1.165) is 26.2 Å². The van der Waals surface area contributed by atoms with Crippen molar-refractivity contribution in [1.29, 1.82) is 0 Å². The van der Waals surface area contributed by atoms with Gasteiger partial charge in [0.1, 0.15) is 0 Å². The lowest BCUT2D eigenvalue weighted by atomic mass is 10.4. The van der Waals surface area contributed by atoms with Crippen LogP contribution in [0.1, 0.15) is 0 Å². The van der Waals surface area contributed by atoms with Gasteiger partial charge >= 0.3 is 0 Å². The molecule has 1 saturated heterocycles. The summed E-state index contributed by atoms with van der Waals surface area (Å²) in [7, 11) is 4.18. The fourth-order valence-corrected chi connectivity index (χ4v) is 1.37. The first-order valence-corrected chi connectivity index (χ1v) is 5.28. The summed E-state index contributed by atoms with van der Waals surface area (Å²) >= 11 is 0. The van der Waals surface area contributed by atoms with Crippen LogP contribution in [0.5, 0.6) is 0 Å². The van der Waals surface area contributed by atoms with Gasteiger partial charge in [-0.3, -0.25) is 4.98 Å². The standard InChI is InChI=1S/C6H15N3.C5H5N/c1-8(2)9-5-3-7-4-6-9;1-2-4-6-5-3-1/h7H,3-6H2,1-2H3;1-5H. The summed E-state index contributed by atoms with van der Waals surface area (Å²) in [6, 6.07) is 5.72. The molecule has 0 unspecified atom stereocenters. The SMILES string of the molecule is CN(C)N1CCNCC1.c1ccncc1. The van der Waals surface area contributed by atoms with E-state index in [1.165, 1.54) is 0 Å². The molecule has 0 bridgehead atoms. The molecule has 0 radical (unpaired) electrons. The summed E-state index contributed by atoms with van der Waals surface area (Å²) in [5.41, 5.74) is 0. The third kappa shape index (κ3) is 5.47. The fraction of sp³-hybridized carbons (Fsp3) is 0.545. The van der Waals surface area contributed by atoms with Gasteiger partial charge in [0, 0.05) is 52.7 Å². The Morgan fingerprint density at radius 3 is 1.93 bits per heavy atom. The van der Waals surface area contributed by atoms with Crippen LogP contribution >= 0.6 is 0 Å². The molecule has 4 heteroatoms. The molecule has 0 aliphatic carbocycles. The molecule has 0 saturated carbocycles. The van der Waals surface area contributed by atoms with Gasteiger partial charge in [-0.2, -0.15) is 0 Å². The Bertz CT molecular complexity index is 205. The average Bonchev–Trinajstić information content (AvgIpc) is 2.33. The Labute approximate surface area is 91.9 Å². The van der Waals surface area contributed by atoms with Gasteiger partial charge in [-0.15, -0.1) is 0 Å². The highest BCUT2D eigenvalue weighted by atomic mass is 15.6. The zero-order valence-corrected chi connectivity index (χ0v) is 9.56. The van der Waals surface area contributed by atoms with E-state index in [4.69, 9.17) is 0 Å². The van der Waals surface area contributed by atoms with Crippen molar-refractivity contribution in [2.24, 2.45) is 0 Å². The monoisotopic (exact) mass is 208 g/mol. The molecule has 0 amide bonds. The van der Waals surface area contributed by atoms with Crippen LogP contribution in [0.15, 0.2) is 30.6 Å². The first-order valence-electron chi connectivity index (χ1n) is 5.28. The van der Waals surface area contributed by atoms with E-state index >= 15 is 0 Å². The molecule has 1 aromatic heterocycles. The second-order valence-corrected chi connectivity index (χ2v) is 3.58. The molecule has 15 heavy (non-hydrogen) atoms. The van der Waals surface area contributed by atoms with Gasteiger partial charge in [-0.1, -0.05) is 6.07 Å². The van der Waals surface area contributed by atoms with Crippen molar-refractivity contribution in [2.75, 3.05) is 40.3 Å². The van der Waals surface area contributed by atoms with Gasteiger partial charge in [0.05, 0.1) is 0 Å². The Hall–Kier alpha value is -0.970. The Morgan fingerprint density at radius 1 is 1.07 bits per heavy atom. The number of rotatable bonds is 1. The molecule has 1 aliphatic heterocycles. The van der Waals surface area contributed by atoms with E-state index in [-0.39, 0.29) is 0 Å². The van der Waals surface area contributed by atoms with Crippen LogP contribution < -0.4 is 5.32 Å². The number of nitrogens with zero attached hydrogens (tertiary/aromatic N) is 3. The van der Waals surface area contributed by atoms with Gasteiger partial charge in [0.2, 0.25) is 0 Å². The summed E-state index contributed by atoms with van der Waals surface area (Å²) in [5, 5.41) is 7.78. The van der Waals surface area contributed by atoms with Gasteiger partial charge in [0.15, 0.2) is 0 Å². The maximum Gasteiger partial charge on any atom is 0.0267 e. The summed E-state index contributed by atoms with van der Waals surface area (Å²) in [5.74, 6) is 0. The van der Waals surface area contributed by atoms with Gasteiger partial charge in [-0.25, -0.2) is 10.0 Å². The minimum atomic E-state index is 1.12. The number of aromatic nitrogens is 1. The minimum Gasteiger partial charge on any atom is -0.314 e. The smallest absolute Gasteiger partial charge is 0.0267 e. The maximum absolute atomic E-state index is 3.78. The summed E-state index contributed by atoms with van der Waals surface area (Å²) < 4.78 is 0. The maximum atomic E-state index is 3.78. The zero-order chi connectivity index (χ0) is 10.9. The van der Waals surface area contributed by atoms with E-state index in [1.54, 1.807) is 12.4 Å². The van der Waals surface area contributed by atoms with Gasteiger partial charge in [-0.05, 0) is 12.1 Å². The fourth-order valence-electron chi connectivity index (χ4n) is 1.37. The highest BCUT2D eigenvalue weighted by molar-refractivity contribution is 4.88. The van der Waals surface area contributed by atoms with Crippen molar-refractivity contribution in [1.82, 2.24) is 20.3 Å². The number of piperazine rings is 1. The highest BCUT2D eigenvalue weighted by Gasteiger charge is 2.09. The van der Waals surface area contributed by atoms with Gasteiger partial charge < -0.3 is 5.32 Å². The number of nitrogens with one attached hydrogen (secondary N) is 1. The summed E-state index contributed by atoms with van der Waals surface area (Å²) in [6.45, 7) is 4.54. The summed E-state index contributed by atoms with van der Waals surface area (Å²) in [4.78, 5) is 3.78. The molecule has 0 atom stereocenters. The van der Waals surface area contributed by atoms with Gasteiger partial charge in [0.25, 0.3) is 0 Å². The predicted molar refractivity (Wildman–Crippen MR) is 62.4 cm³/mol. The summed E-state index contributed by atoms with van der Waals surface area (Å²) in [6.07, 6.45) is 3.50. The second kappa shape index (κ2) is 7.34. The van der Waals surface area contributed by atoms with E-state index in [9.17, 15) is 0 Å². The molecule has 1 aliphatic rings. The lowest BCUT2D eigenvalue weighted by Crippen LogP contribution is -2.49. The number of hydrogen-bond donors (Lipinski definition) is 1. The van der Waals surface area contributed by atoms with Crippen molar-refractivity contribution < 1.29 is 0 Å². The van der Waals surface area contributed by atoms with Crippen molar-refractivity contribution in [2.45, 2.75) is 0 Å². The first-order chi connectivity index (χ1) is 7.30. The predicted octanol–water partition coefficient (Wildman–Crippen LogP) is 0.450. The van der Waals surface area contributed by atoms with Crippen LogP contribution in [-0.2, 0) is 0 Å². The topological polar surface area (TPSA) is 31.4 Å². The van der Waals surface area contributed by atoms with Crippen LogP contribution in [0.2, 0.25) is 0 Å². The Morgan fingerprint density at radius 2 is 1.67 bits per heavy atom. The Kier molecular flexibility index (Phi) is 5.92.